The van der Waals surface area contributed by atoms with E-state index in [4.69, 9.17) is 4.74 Å². The lowest BCUT2D eigenvalue weighted by Gasteiger charge is -2.10. The lowest BCUT2D eigenvalue weighted by Crippen LogP contribution is -2.03. The molecule has 0 atom stereocenters. The van der Waals surface area contributed by atoms with Crippen LogP contribution in [0.15, 0.2) is 36.9 Å². The number of hydrogen-bond acceptors (Lipinski definition) is 5. The van der Waals surface area contributed by atoms with E-state index in [2.05, 4.69) is 15.2 Å². The van der Waals surface area contributed by atoms with Crippen molar-refractivity contribution in [1.82, 2.24) is 19.6 Å². The fourth-order valence-electron chi connectivity index (χ4n) is 1.86. The number of fused-ring (bicyclic) bond motifs is 1. The number of carboxylic acid groups (broad SMARTS) is 1. The number of aryl methyl sites for hydroxylation is 1. The Bertz CT molecular complexity index is 797. The van der Waals surface area contributed by atoms with Crippen LogP contribution in [0.1, 0.15) is 15.9 Å². The summed E-state index contributed by atoms with van der Waals surface area (Å²) in [5.41, 5.74) is 1.20. The molecule has 0 spiro atoms. The van der Waals surface area contributed by atoms with Crippen LogP contribution in [0.4, 0.5) is 0 Å². The summed E-state index contributed by atoms with van der Waals surface area (Å²) in [6, 6.07) is 4.91. The quantitative estimate of drug-likeness (QED) is 0.782. The average molecular weight is 270 g/mol. The maximum absolute atomic E-state index is 11.2. The van der Waals surface area contributed by atoms with Gasteiger partial charge in [0, 0.05) is 12.4 Å². The van der Waals surface area contributed by atoms with Crippen molar-refractivity contribution in [2.75, 3.05) is 0 Å². The van der Waals surface area contributed by atoms with E-state index in [0.29, 0.717) is 11.2 Å². The van der Waals surface area contributed by atoms with Crippen LogP contribution >= 0.6 is 0 Å². The number of nitrogens with zero attached hydrogens (tertiary/aromatic N) is 4. The number of rotatable bonds is 3. The van der Waals surface area contributed by atoms with Gasteiger partial charge in [-0.2, -0.15) is 0 Å². The standard InChI is InChI=1S/C13H10N4O3/c1-8-3-2-4-9(13(18)19)10(8)20-12-11-16-15-7-17(11)6-5-14-12/h2-7H,1H3,(H,18,19). The molecule has 20 heavy (non-hydrogen) atoms. The molecule has 0 aliphatic rings. The highest BCUT2D eigenvalue weighted by molar-refractivity contribution is 5.91. The minimum Gasteiger partial charge on any atom is -0.478 e. The van der Waals surface area contributed by atoms with Crippen molar-refractivity contribution < 1.29 is 14.6 Å². The molecule has 0 amide bonds. The van der Waals surface area contributed by atoms with Gasteiger partial charge in [-0.1, -0.05) is 12.1 Å². The van der Waals surface area contributed by atoms with Crippen LogP contribution in [0.5, 0.6) is 11.6 Å². The molecular formula is C13H10N4O3. The molecule has 0 aliphatic carbocycles. The van der Waals surface area contributed by atoms with E-state index >= 15 is 0 Å². The molecule has 0 bridgehead atoms. The van der Waals surface area contributed by atoms with Crippen LogP contribution in [0, 0.1) is 6.92 Å². The summed E-state index contributed by atoms with van der Waals surface area (Å²) >= 11 is 0. The predicted octanol–water partition coefficient (Wildman–Crippen LogP) is 1.92. The van der Waals surface area contributed by atoms with Gasteiger partial charge in [0.05, 0.1) is 0 Å². The van der Waals surface area contributed by atoms with Gasteiger partial charge in [0.15, 0.2) is 0 Å². The van der Waals surface area contributed by atoms with Gasteiger partial charge in [-0.15, -0.1) is 10.2 Å². The van der Waals surface area contributed by atoms with Crippen LogP contribution in [0.3, 0.4) is 0 Å². The molecule has 3 aromatic rings. The third kappa shape index (κ3) is 1.95. The van der Waals surface area contributed by atoms with Crippen LogP contribution in [0.25, 0.3) is 5.65 Å². The van der Waals surface area contributed by atoms with Gasteiger partial charge < -0.3 is 9.84 Å². The Hall–Kier alpha value is -2.96. The Morgan fingerprint density at radius 1 is 1.40 bits per heavy atom. The molecular weight excluding hydrogens is 260 g/mol. The predicted molar refractivity (Wildman–Crippen MR) is 69.0 cm³/mol. The average Bonchev–Trinajstić information content (AvgIpc) is 2.90. The van der Waals surface area contributed by atoms with Crippen molar-refractivity contribution in [1.29, 1.82) is 0 Å². The third-order valence-corrected chi connectivity index (χ3v) is 2.82. The molecule has 0 fully saturated rings. The van der Waals surface area contributed by atoms with Crippen molar-refractivity contribution in [3.63, 3.8) is 0 Å². The van der Waals surface area contributed by atoms with Crippen LogP contribution in [-0.2, 0) is 0 Å². The number of para-hydroxylation sites is 1. The first-order valence-corrected chi connectivity index (χ1v) is 5.82. The first-order chi connectivity index (χ1) is 9.66. The van der Waals surface area contributed by atoms with Crippen LogP contribution in [0.2, 0.25) is 0 Å². The van der Waals surface area contributed by atoms with Gasteiger partial charge in [0.1, 0.15) is 17.6 Å². The molecule has 7 heteroatoms. The molecule has 2 heterocycles. The van der Waals surface area contributed by atoms with Gasteiger partial charge >= 0.3 is 5.97 Å². The SMILES string of the molecule is Cc1cccc(C(=O)O)c1Oc1nccn2cnnc12. The molecule has 100 valence electrons. The fraction of sp³-hybridized carbons (Fsp3) is 0.0769. The van der Waals surface area contributed by atoms with E-state index in [0.717, 1.165) is 0 Å². The Morgan fingerprint density at radius 2 is 2.25 bits per heavy atom. The molecule has 1 N–H and O–H groups in total. The topological polar surface area (TPSA) is 89.6 Å². The molecule has 0 unspecified atom stereocenters. The van der Waals surface area contributed by atoms with E-state index in [-0.39, 0.29) is 17.2 Å². The largest absolute Gasteiger partial charge is 0.478 e. The lowest BCUT2D eigenvalue weighted by atomic mass is 10.1. The Kier molecular flexibility index (Phi) is 2.79. The van der Waals surface area contributed by atoms with Gasteiger partial charge in [0.25, 0.3) is 5.88 Å². The first kappa shape index (κ1) is 12.1. The van der Waals surface area contributed by atoms with Crippen molar-refractivity contribution in [2.24, 2.45) is 0 Å². The number of aromatic nitrogens is 4. The molecule has 3 rings (SSSR count). The highest BCUT2D eigenvalue weighted by Crippen LogP contribution is 2.29. The summed E-state index contributed by atoms with van der Waals surface area (Å²) in [6.07, 6.45) is 4.72. The summed E-state index contributed by atoms with van der Waals surface area (Å²) in [5, 5.41) is 16.9. The van der Waals surface area contributed by atoms with E-state index in [1.54, 1.807) is 29.7 Å². The minimum absolute atomic E-state index is 0.0771. The Morgan fingerprint density at radius 3 is 3.05 bits per heavy atom. The molecule has 0 aliphatic heterocycles. The molecule has 0 saturated carbocycles. The number of carboxylic acids is 1. The maximum Gasteiger partial charge on any atom is 0.339 e. The Balaban J connectivity index is 2.12. The second-order valence-corrected chi connectivity index (χ2v) is 4.15. The molecule has 0 radical (unpaired) electrons. The summed E-state index contributed by atoms with van der Waals surface area (Å²) in [7, 11) is 0. The maximum atomic E-state index is 11.2. The van der Waals surface area contributed by atoms with E-state index in [9.17, 15) is 9.90 Å². The highest BCUT2D eigenvalue weighted by Gasteiger charge is 2.16. The normalized spacial score (nSPS) is 10.7. The fourth-order valence-corrected chi connectivity index (χ4v) is 1.86. The zero-order valence-electron chi connectivity index (χ0n) is 10.5. The smallest absolute Gasteiger partial charge is 0.339 e. The zero-order chi connectivity index (χ0) is 14.1. The van der Waals surface area contributed by atoms with Gasteiger partial charge in [-0.3, -0.25) is 4.40 Å². The van der Waals surface area contributed by atoms with Gasteiger partial charge in [-0.25, -0.2) is 9.78 Å². The first-order valence-electron chi connectivity index (χ1n) is 5.82. The molecule has 1 aromatic carbocycles. The number of carbonyl (C=O) groups is 1. The second-order valence-electron chi connectivity index (χ2n) is 4.15. The summed E-state index contributed by atoms with van der Waals surface area (Å²) in [6.45, 7) is 1.77. The number of hydrogen-bond donors (Lipinski definition) is 1. The summed E-state index contributed by atoms with van der Waals surface area (Å²) in [4.78, 5) is 15.3. The van der Waals surface area contributed by atoms with Crippen LogP contribution in [-0.4, -0.2) is 30.7 Å². The second kappa shape index (κ2) is 4.61. The van der Waals surface area contributed by atoms with Gasteiger partial charge in [0.2, 0.25) is 5.65 Å². The number of benzene rings is 1. The Labute approximate surface area is 113 Å². The monoisotopic (exact) mass is 270 g/mol. The van der Waals surface area contributed by atoms with E-state index < -0.39 is 5.97 Å². The van der Waals surface area contributed by atoms with E-state index in [1.165, 1.54) is 18.6 Å². The van der Waals surface area contributed by atoms with Crippen molar-refractivity contribution in [3.05, 3.63) is 48.0 Å². The number of aromatic carboxylic acids is 1. The molecule has 0 saturated heterocycles. The summed E-state index contributed by atoms with van der Waals surface area (Å²) < 4.78 is 7.30. The van der Waals surface area contributed by atoms with Crippen LogP contribution < -0.4 is 4.74 Å². The van der Waals surface area contributed by atoms with Crippen molar-refractivity contribution in [2.45, 2.75) is 6.92 Å². The summed E-state index contributed by atoms with van der Waals surface area (Å²) in [5.74, 6) is -0.595. The van der Waals surface area contributed by atoms with Gasteiger partial charge in [-0.05, 0) is 18.6 Å². The lowest BCUT2D eigenvalue weighted by molar-refractivity contribution is 0.0694. The molecule has 2 aromatic heterocycles. The van der Waals surface area contributed by atoms with E-state index in [1.807, 2.05) is 0 Å². The third-order valence-electron chi connectivity index (χ3n) is 2.82. The highest BCUT2D eigenvalue weighted by atomic mass is 16.5. The minimum atomic E-state index is -1.06. The zero-order valence-corrected chi connectivity index (χ0v) is 10.5. The molecule has 7 nitrogen and oxygen atoms in total. The number of ether oxygens (including phenoxy) is 1. The van der Waals surface area contributed by atoms with Crippen molar-refractivity contribution in [3.8, 4) is 11.6 Å². The van der Waals surface area contributed by atoms with Crippen molar-refractivity contribution >= 4 is 11.6 Å².